The Morgan fingerprint density at radius 2 is 1.83 bits per heavy atom. The molecule has 9 nitrogen and oxygen atoms in total. The van der Waals surface area contributed by atoms with Crippen molar-refractivity contribution < 1.29 is 24.1 Å². The Labute approximate surface area is 142 Å². The van der Waals surface area contributed by atoms with Crippen LogP contribution in [0, 0.1) is 0 Å². The van der Waals surface area contributed by atoms with Gasteiger partial charge in [0.1, 0.15) is 0 Å². The molecular weight excluding hydrogens is 336 g/mol. The van der Waals surface area contributed by atoms with Crippen LogP contribution in [0.1, 0.15) is 6.42 Å². The minimum absolute atomic E-state index is 0.0110. The number of hydrogen-bond acceptors (Lipinski definition) is 8. The number of aliphatic carboxylic acids is 1. The third-order valence-corrected chi connectivity index (χ3v) is 4.08. The Bertz CT molecular complexity index is 709. The number of carboxylic acid groups (broad SMARTS) is 1. The predicted molar refractivity (Wildman–Crippen MR) is 88.2 cm³/mol. The van der Waals surface area contributed by atoms with E-state index in [9.17, 15) is 4.79 Å². The standard InChI is InChI=1S/C14H18N4O5S/c1-21-9-6-8(7-10(22-2)12(9)23-3)13-16-17-14(18(13)15)24-5-4-11(19)20/h6-7H,4-5,15H2,1-3H3,(H,19,20). The van der Waals surface area contributed by atoms with Crippen molar-refractivity contribution in [2.24, 2.45) is 0 Å². The molecule has 0 spiro atoms. The average molecular weight is 354 g/mol. The van der Waals surface area contributed by atoms with E-state index < -0.39 is 5.97 Å². The molecule has 0 saturated heterocycles. The first kappa shape index (κ1) is 17.7. The molecule has 0 fully saturated rings. The lowest BCUT2D eigenvalue weighted by Gasteiger charge is -2.13. The first-order valence-electron chi connectivity index (χ1n) is 6.87. The first-order valence-corrected chi connectivity index (χ1v) is 7.85. The van der Waals surface area contributed by atoms with Gasteiger partial charge in [-0.2, -0.15) is 0 Å². The molecule has 1 aromatic carbocycles. The summed E-state index contributed by atoms with van der Waals surface area (Å²) in [6, 6.07) is 3.42. The van der Waals surface area contributed by atoms with Crippen molar-refractivity contribution in [1.29, 1.82) is 0 Å². The van der Waals surface area contributed by atoms with Gasteiger partial charge in [0, 0.05) is 11.3 Å². The summed E-state index contributed by atoms with van der Waals surface area (Å²) in [7, 11) is 4.55. The topological polar surface area (TPSA) is 122 Å². The van der Waals surface area contributed by atoms with Gasteiger partial charge in [0.05, 0.1) is 27.8 Å². The van der Waals surface area contributed by atoms with E-state index in [4.69, 9.17) is 25.2 Å². The molecule has 3 N–H and O–H groups in total. The highest BCUT2D eigenvalue weighted by Crippen LogP contribution is 2.40. The third kappa shape index (κ3) is 3.65. The molecule has 0 aliphatic carbocycles. The van der Waals surface area contributed by atoms with E-state index in [0.29, 0.717) is 39.5 Å². The highest BCUT2D eigenvalue weighted by Gasteiger charge is 2.18. The quantitative estimate of drug-likeness (QED) is 0.532. The minimum atomic E-state index is -0.879. The fourth-order valence-electron chi connectivity index (χ4n) is 2.01. The Balaban J connectivity index is 2.35. The van der Waals surface area contributed by atoms with Gasteiger partial charge >= 0.3 is 5.97 Å². The highest BCUT2D eigenvalue weighted by atomic mass is 32.2. The van der Waals surface area contributed by atoms with Crippen LogP contribution in [0.25, 0.3) is 11.4 Å². The molecule has 0 amide bonds. The maximum Gasteiger partial charge on any atom is 0.304 e. The van der Waals surface area contributed by atoms with Crippen molar-refractivity contribution >= 4 is 17.7 Å². The number of nitrogen functional groups attached to an aromatic ring is 1. The van der Waals surface area contributed by atoms with Crippen molar-refractivity contribution in [3.05, 3.63) is 12.1 Å². The molecule has 130 valence electrons. The SMILES string of the molecule is COc1cc(-c2nnc(SCCC(=O)O)n2N)cc(OC)c1OC. The monoisotopic (exact) mass is 354 g/mol. The molecule has 10 heteroatoms. The number of ether oxygens (including phenoxy) is 3. The fraction of sp³-hybridized carbons (Fsp3) is 0.357. The zero-order valence-corrected chi connectivity index (χ0v) is 14.3. The van der Waals surface area contributed by atoms with Crippen LogP contribution < -0.4 is 20.1 Å². The van der Waals surface area contributed by atoms with Crippen molar-refractivity contribution in [1.82, 2.24) is 14.9 Å². The van der Waals surface area contributed by atoms with Gasteiger partial charge in [0.15, 0.2) is 17.3 Å². The van der Waals surface area contributed by atoms with Crippen LogP contribution in [0.15, 0.2) is 17.3 Å². The molecule has 0 radical (unpaired) electrons. The highest BCUT2D eigenvalue weighted by molar-refractivity contribution is 7.99. The second-order valence-electron chi connectivity index (χ2n) is 4.58. The molecule has 2 rings (SSSR count). The zero-order valence-electron chi connectivity index (χ0n) is 13.5. The number of nitrogens with zero attached hydrogens (tertiary/aromatic N) is 3. The molecule has 24 heavy (non-hydrogen) atoms. The summed E-state index contributed by atoms with van der Waals surface area (Å²) in [5.74, 6) is 7.28. The molecule has 0 saturated carbocycles. The maximum atomic E-state index is 10.6. The maximum absolute atomic E-state index is 10.6. The van der Waals surface area contributed by atoms with Gasteiger partial charge in [0.25, 0.3) is 0 Å². The molecule has 1 aromatic heterocycles. The summed E-state index contributed by atoms with van der Waals surface area (Å²) in [6.45, 7) is 0. The minimum Gasteiger partial charge on any atom is -0.493 e. The van der Waals surface area contributed by atoms with E-state index in [1.807, 2.05) is 0 Å². The number of hydrogen-bond donors (Lipinski definition) is 2. The van der Waals surface area contributed by atoms with Crippen LogP contribution in [-0.2, 0) is 4.79 Å². The molecule has 0 aliphatic rings. The Kier molecular flexibility index (Phi) is 5.74. The number of rotatable bonds is 8. The fourth-order valence-corrected chi connectivity index (χ4v) is 2.80. The predicted octanol–water partition coefficient (Wildman–Crippen LogP) is 1.25. The van der Waals surface area contributed by atoms with Crippen LogP contribution in [0.2, 0.25) is 0 Å². The van der Waals surface area contributed by atoms with Crippen LogP contribution in [0.4, 0.5) is 0 Å². The van der Waals surface area contributed by atoms with Gasteiger partial charge in [-0.3, -0.25) is 4.79 Å². The van der Waals surface area contributed by atoms with Crippen LogP contribution in [-0.4, -0.2) is 53.0 Å². The van der Waals surface area contributed by atoms with Gasteiger partial charge in [-0.05, 0) is 12.1 Å². The molecule has 0 aliphatic heterocycles. The van der Waals surface area contributed by atoms with Crippen molar-refractivity contribution in [3.63, 3.8) is 0 Å². The van der Waals surface area contributed by atoms with E-state index in [2.05, 4.69) is 10.2 Å². The van der Waals surface area contributed by atoms with Crippen molar-refractivity contribution in [2.75, 3.05) is 32.9 Å². The van der Waals surface area contributed by atoms with E-state index in [1.165, 1.54) is 37.8 Å². The van der Waals surface area contributed by atoms with Gasteiger partial charge in [-0.1, -0.05) is 11.8 Å². The summed E-state index contributed by atoms with van der Waals surface area (Å²) < 4.78 is 17.2. The second kappa shape index (κ2) is 7.77. The molecular formula is C14H18N4O5S. The molecule has 0 bridgehead atoms. The average Bonchev–Trinajstić information content (AvgIpc) is 2.94. The summed E-state index contributed by atoms with van der Waals surface area (Å²) in [6.07, 6.45) is 0.0110. The molecule has 0 unspecified atom stereocenters. The summed E-state index contributed by atoms with van der Waals surface area (Å²) in [4.78, 5) is 10.6. The van der Waals surface area contributed by atoms with Crippen molar-refractivity contribution in [3.8, 4) is 28.6 Å². The van der Waals surface area contributed by atoms with Crippen LogP contribution in [0.5, 0.6) is 17.2 Å². The van der Waals surface area contributed by atoms with E-state index in [-0.39, 0.29) is 6.42 Å². The third-order valence-electron chi connectivity index (χ3n) is 3.13. The summed E-state index contributed by atoms with van der Waals surface area (Å²) in [5.41, 5.74) is 0.629. The van der Waals surface area contributed by atoms with Gasteiger partial charge < -0.3 is 25.2 Å². The lowest BCUT2D eigenvalue weighted by atomic mass is 10.1. The number of thioether (sulfide) groups is 1. The van der Waals surface area contributed by atoms with Gasteiger partial charge in [0.2, 0.25) is 10.9 Å². The normalized spacial score (nSPS) is 10.5. The number of carbonyl (C=O) groups is 1. The molecule has 1 heterocycles. The summed E-state index contributed by atoms with van der Waals surface area (Å²) >= 11 is 1.21. The molecule has 2 aromatic rings. The Morgan fingerprint density at radius 1 is 1.21 bits per heavy atom. The van der Waals surface area contributed by atoms with E-state index in [1.54, 1.807) is 12.1 Å². The lowest BCUT2D eigenvalue weighted by Crippen LogP contribution is -2.12. The number of aromatic nitrogens is 3. The number of nitrogens with two attached hydrogens (primary N) is 1. The zero-order chi connectivity index (χ0) is 17.7. The van der Waals surface area contributed by atoms with Crippen LogP contribution in [0.3, 0.4) is 0 Å². The Hall–Kier alpha value is -2.62. The smallest absolute Gasteiger partial charge is 0.304 e. The van der Waals surface area contributed by atoms with E-state index in [0.717, 1.165) is 0 Å². The molecule has 0 atom stereocenters. The number of methoxy groups -OCH3 is 3. The second-order valence-corrected chi connectivity index (χ2v) is 5.64. The number of benzene rings is 1. The lowest BCUT2D eigenvalue weighted by molar-refractivity contribution is -0.136. The van der Waals surface area contributed by atoms with Gasteiger partial charge in [-0.15, -0.1) is 10.2 Å². The van der Waals surface area contributed by atoms with Crippen LogP contribution >= 0.6 is 11.8 Å². The largest absolute Gasteiger partial charge is 0.493 e. The number of carboxylic acids is 1. The van der Waals surface area contributed by atoms with Gasteiger partial charge in [-0.25, -0.2) is 4.68 Å². The Morgan fingerprint density at radius 3 is 2.33 bits per heavy atom. The summed E-state index contributed by atoms with van der Waals surface area (Å²) in [5, 5.41) is 17.1. The van der Waals surface area contributed by atoms with Crippen molar-refractivity contribution in [2.45, 2.75) is 11.6 Å². The first-order chi connectivity index (χ1) is 11.5. The van der Waals surface area contributed by atoms with E-state index >= 15 is 0 Å².